The second-order valence-corrected chi connectivity index (χ2v) is 6.55. The van der Waals surface area contributed by atoms with E-state index in [1.54, 1.807) is 0 Å². The Morgan fingerprint density at radius 1 is 1.12 bits per heavy atom. The minimum absolute atomic E-state index is 0.0396. The molecule has 2 aromatic heterocycles. The van der Waals surface area contributed by atoms with Gasteiger partial charge < -0.3 is 13.8 Å². The van der Waals surface area contributed by atoms with E-state index in [0.29, 0.717) is 24.3 Å². The van der Waals surface area contributed by atoms with Crippen molar-refractivity contribution >= 4 is 17.1 Å². The van der Waals surface area contributed by atoms with E-state index in [0.717, 1.165) is 29.8 Å². The van der Waals surface area contributed by atoms with Gasteiger partial charge in [0.15, 0.2) is 11.4 Å². The zero-order valence-electron chi connectivity index (χ0n) is 14.4. The quantitative estimate of drug-likeness (QED) is 0.716. The number of rotatable bonds is 2. The Morgan fingerprint density at radius 2 is 1.96 bits per heavy atom. The van der Waals surface area contributed by atoms with Gasteiger partial charge in [0.2, 0.25) is 5.89 Å². The van der Waals surface area contributed by atoms with Crippen LogP contribution in [0, 0.1) is 20.8 Å². The molecular formula is C17H21N5O2. The van der Waals surface area contributed by atoms with Crippen LogP contribution < -0.4 is 4.90 Å². The summed E-state index contributed by atoms with van der Waals surface area (Å²) >= 11 is 0. The molecule has 1 aromatic carbocycles. The van der Waals surface area contributed by atoms with Crippen molar-refractivity contribution in [1.29, 1.82) is 0 Å². The highest BCUT2D eigenvalue weighted by Gasteiger charge is 2.32. The molecule has 4 rings (SSSR count). The molecule has 1 fully saturated rings. The first-order chi connectivity index (χ1) is 11.5. The van der Waals surface area contributed by atoms with Gasteiger partial charge in [-0.3, -0.25) is 4.90 Å². The third kappa shape index (κ3) is 2.54. The highest BCUT2D eigenvalue weighted by Crippen LogP contribution is 2.30. The standard InChI is InChI=1S/C17H21N5O2/c1-10-7-11(2)15-13(8-10)19-17(23-15)22-6-5-21(4)14(9-22)16-18-12(3)20-24-16/h7-8,14H,5-6,9H2,1-4H3. The first-order valence-electron chi connectivity index (χ1n) is 8.14. The first kappa shape index (κ1) is 15.1. The maximum Gasteiger partial charge on any atom is 0.298 e. The van der Waals surface area contributed by atoms with Gasteiger partial charge in [-0.2, -0.15) is 9.97 Å². The van der Waals surface area contributed by atoms with Gasteiger partial charge >= 0.3 is 0 Å². The van der Waals surface area contributed by atoms with Crippen molar-refractivity contribution < 1.29 is 8.94 Å². The van der Waals surface area contributed by atoms with Gasteiger partial charge in [-0.15, -0.1) is 0 Å². The van der Waals surface area contributed by atoms with Crippen LogP contribution in [0.4, 0.5) is 6.01 Å². The Balaban J connectivity index is 1.65. The van der Waals surface area contributed by atoms with Crippen molar-refractivity contribution in [2.24, 2.45) is 0 Å². The van der Waals surface area contributed by atoms with E-state index in [-0.39, 0.29) is 6.04 Å². The Bertz CT molecular complexity index is 884. The lowest BCUT2D eigenvalue weighted by Gasteiger charge is -2.36. The molecule has 0 amide bonds. The third-order valence-electron chi connectivity index (χ3n) is 4.56. The lowest BCUT2D eigenvalue weighted by atomic mass is 10.1. The molecule has 0 N–H and O–H groups in total. The fraction of sp³-hybridized carbons (Fsp3) is 0.471. The largest absolute Gasteiger partial charge is 0.423 e. The monoisotopic (exact) mass is 327 g/mol. The molecule has 3 heterocycles. The second kappa shape index (κ2) is 5.59. The lowest BCUT2D eigenvalue weighted by molar-refractivity contribution is 0.175. The first-order valence-corrected chi connectivity index (χ1v) is 8.14. The number of aromatic nitrogens is 3. The molecule has 0 saturated carbocycles. The molecule has 1 saturated heterocycles. The SMILES string of the molecule is Cc1cc(C)c2oc(N3CCN(C)C(c4nc(C)no4)C3)nc2c1. The van der Waals surface area contributed by atoms with E-state index in [9.17, 15) is 0 Å². The third-order valence-corrected chi connectivity index (χ3v) is 4.56. The molecule has 7 nitrogen and oxygen atoms in total. The number of nitrogens with zero attached hydrogens (tertiary/aromatic N) is 5. The average molecular weight is 327 g/mol. The summed E-state index contributed by atoms with van der Waals surface area (Å²) in [4.78, 5) is 13.5. The van der Waals surface area contributed by atoms with Crippen molar-refractivity contribution in [2.45, 2.75) is 26.8 Å². The van der Waals surface area contributed by atoms with Crippen molar-refractivity contribution in [3.63, 3.8) is 0 Å². The van der Waals surface area contributed by atoms with Crippen LogP contribution >= 0.6 is 0 Å². The molecule has 7 heteroatoms. The number of piperazine rings is 1. The summed E-state index contributed by atoms with van der Waals surface area (Å²) in [5, 5.41) is 3.91. The zero-order chi connectivity index (χ0) is 16.8. The number of aryl methyl sites for hydroxylation is 3. The number of hydrogen-bond donors (Lipinski definition) is 0. The minimum atomic E-state index is 0.0396. The Kier molecular flexibility index (Phi) is 3.53. The van der Waals surface area contributed by atoms with Gasteiger partial charge in [-0.1, -0.05) is 11.2 Å². The molecule has 1 aliphatic heterocycles. The summed E-state index contributed by atoms with van der Waals surface area (Å²) in [6.45, 7) is 8.40. The number of fused-ring (bicyclic) bond motifs is 1. The molecule has 1 atom stereocenters. The van der Waals surface area contributed by atoms with Crippen LogP contribution in [0.5, 0.6) is 0 Å². The Hall–Kier alpha value is -2.41. The number of hydrogen-bond acceptors (Lipinski definition) is 7. The van der Waals surface area contributed by atoms with Gasteiger partial charge in [0, 0.05) is 19.6 Å². The van der Waals surface area contributed by atoms with E-state index in [4.69, 9.17) is 13.9 Å². The van der Waals surface area contributed by atoms with Crippen LogP contribution in [-0.2, 0) is 0 Å². The number of likely N-dealkylation sites (N-methyl/N-ethyl adjacent to an activating group) is 1. The topological polar surface area (TPSA) is 71.4 Å². The molecule has 1 aliphatic rings. The van der Waals surface area contributed by atoms with Crippen LogP contribution in [0.25, 0.3) is 11.1 Å². The van der Waals surface area contributed by atoms with Gasteiger partial charge in [0.25, 0.3) is 6.01 Å². The van der Waals surface area contributed by atoms with E-state index in [1.165, 1.54) is 5.56 Å². The minimum Gasteiger partial charge on any atom is -0.423 e. The molecule has 24 heavy (non-hydrogen) atoms. The number of anilines is 1. The van der Waals surface area contributed by atoms with E-state index >= 15 is 0 Å². The van der Waals surface area contributed by atoms with Crippen LogP contribution in [0.3, 0.4) is 0 Å². The maximum absolute atomic E-state index is 6.05. The molecule has 126 valence electrons. The predicted molar refractivity (Wildman–Crippen MR) is 90.1 cm³/mol. The van der Waals surface area contributed by atoms with Crippen LogP contribution in [0.2, 0.25) is 0 Å². The molecular weight excluding hydrogens is 306 g/mol. The fourth-order valence-corrected chi connectivity index (χ4v) is 3.26. The average Bonchev–Trinajstić information content (AvgIpc) is 3.14. The summed E-state index contributed by atoms with van der Waals surface area (Å²) in [5.41, 5.74) is 4.07. The van der Waals surface area contributed by atoms with Crippen molar-refractivity contribution in [2.75, 3.05) is 31.6 Å². The van der Waals surface area contributed by atoms with Gasteiger partial charge in [0.1, 0.15) is 11.6 Å². The van der Waals surface area contributed by atoms with Crippen LogP contribution in [0.1, 0.15) is 28.9 Å². The van der Waals surface area contributed by atoms with Crippen molar-refractivity contribution in [3.05, 3.63) is 35.0 Å². The van der Waals surface area contributed by atoms with E-state index in [1.807, 2.05) is 6.92 Å². The van der Waals surface area contributed by atoms with Gasteiger partial charge in [-0.05, 0) is 45.0 Å². The zero-order valence-corrected chi connectivity index (χ0v) is 14.4. The van der Waals surface area contributed by atoms with Gasteiger partial charge in [0.05, 0.1) is 0 Å². The smallest absolute Gasteiger partial charge is 0.298 e. The summed E-state index contributed by atoms with van der Waals surface area (Å²) in [5.74, 6) is 1.30. The number of oxazole rings is 1. The summed E-state index contributed by atoms with van der Waals surface area (Å²) in [6.07, 6.45) is 0. The molecule has 1 unspecified atom stereocenters. The number of benzene rings is 1. The fourth-order valence-electron chi connectivity index (χ4n) is 3.26. The summed E-state index contributed by atoms with van der Waals surface area (Å²) < 4.78 is 11.4. The molecule has 0 bridgehead atoms. The predicted octanol–water partition coefficient (Wildman–Crippen LogP) is 2.63. The second-order valence-electron chi connectivity index (χ2n) is 6.55. The summed E-state index contributed by atoms with van der Waals surface area (Å²) in [6, 6.07) is 4.88. The van der Waals surface area contributed by atoms with Gasteiger partial charge in [-0.25, -0.2) is 0 Å². The molecule has 0 radical (unpaired) electrons. The van der Waals surface area contributed by atoms with Crippen LogP contribution in [0.15, 0.2) is 21.1 Å². The maximum atomic E-state index is 6.05. The van der Waals surface area contributed by atoms with Crippen LogP contribution in [-0.4, -0.2) is 46.7 Å². The molecule has 0 spiro atoms. The Morgan fingerprint density at radius 3 is 2.71 bits per heavy atom. The summed E-state index contributed by atoms with van der Waals surface area (Å²) in [7, 11) is 2.07. The normalized spacial score (nSPS) is 19.3. The van der Waals surface area contributed by atoms with Crippen molar-refractivity contribution in [3.8, 4) is 0 Å². The highest BCUT2D eigenvalue weighted by atomic mass is 16.5. The van der Waals surface area contributed by atoms with Crippen molar-refractivity contribution in [1.82, 2.24) is 20.0 Å². The lowest BCUT2D eigenvalue weighted by Crippen LogP contribution is -2.47. The Labute approximate surface area is 140 Å². The van der Waals surface area contributed by atoms with E-state index < -0.39 is 0 Å². The molecule has 3 aromatic rings. The van der Waals surface area contributed by atoms with E-state index in [2.05, 4.69) is 53.0 Å². The molecule has 0 aliphatic carbocycles. The highest BCUT2D eigenvalue weighted by molar-refractivity contribution is 5.78.